The van der Waals surface area contributed by atoms with Crippen molar-refractivity contribution in [3.63, 3.8) is 0 Å². The van der Waals surface area contributed by atoms with Gasteiger partial charge >= 0.3 is 0 Å². The van der Waals surface area contributed by atoms with E-state index in [1.54, 1.807) is 6.08 Å². The van der Waals surface area contributed by atoms with Crippen LogP contribution in [0.15, 0.2) is 11.9 Å². The molecule has 13 heavy (non-hydrogen) atoms. The SMILES string of the molecule is CC(C)(C)C(=O)NC1=CCC(=O)N1. The van der Waals surface area contributed by atoms with Gasteiger partial charge in [-0.05, 0) is 6.08 Å². The first-order valence-corrected chi connectivity index (χ1v) is 4.21. The lowest BCUT2D eigenvalue weighted by Crippen LogP contribution is -2.38. The molecule has 0 saturated heterocycles. The smallest absolute Gasteiger partial charge is 0.230 e. The standard InChI is InChI=1S/C9H14N2O2/c1-9(2,3)8(13)11-6-4-5-7(12)10-6/h4H,5H2,1-3H3,(H,10,12)(H,11,13). The summed E-state index contributed by atoms with van der Waals surface area (Å²) in [6.45, 7) is 5.46. The molecule has 72 valence electrons. The molecule has 0 spiro atoms. The van der Waals surface area contributed by atoms with E-state index in [1.165, 1.54) is 0 Å². The monoisotopic (exact) mass is 182 g/mol. The van der Waals surface area contributed by atoms with Gasteiger partial charge in [0.05, 0.1) is 0 Å². The van der Waals surface area contributed by atoms with Gasteiger partial charge in [-0.3, -0.25) is 9.59 Å². The van der Waals surface area contributed by atoms with E-state index in [1.807, 2.05) is 20.8 Å². The van der Waals surface area contributed by atoms with E-state index in [9.17, 15) is 9.59 Å². The second-order valence-corrected chi connectivity index (χ2v) is 4.07. The maximum atomic E-state index is 11.4. The Balaban J connectivity index is 2.51. The fraction of sp³-hybridized carbons (Fsp3) is 0.556. The summed E-state index contributed by atoms with van der Waals surface area (Å²) in [6.07, 6.45) is 2.02. The fourth-order valence-electron chi connectivity index (χ4n) is 0.839. The quantitative estimate of drug-likeness (QED) is 0.620. The normalized spacial score (nSPS) is 16.5. The van der Waals surface area contributed by atoms with Crippen molar-refractivity contribution < 1.29 is 9.59 Å². The van der Waals surface area contributed by atoms with Crippen molar-refractivity contribution in [2.75, 3.05) is 0 Å². The zero-order valence-electron chi connectivity index (χ0n) is 8.10. The summed E-state index contributed by atoms with van der Waals surface area (Å²) in [5.41, 5.74) is -0.436. The third kappa shape index (κ3) is 2.57. The van der Waals surface area contributed by atoms with Crippen molar-refractivity contribution >= 4 is 11.8 Å². The molecule has 1 aliphatic rings. The van der Waals surface area contributed by atoms with Crippen LogP contribution in [-0.4, -0.2) is 11.8 Å². The first kappa shape index (κ1) is 9.77. The molecule has 0 aromatic carbocycles. The molecule has 0 bridgehead atoms. The summed E-state index contributed by atoms with van der Waals surface area (Å²) in [6, 6.07) is 0. The van der Waals surface area contributed by atoms with Gasteiger partial charge < -0.3 is 10.6 Å². The van der Waals surface area contributed by atoms with E-state index in [0.717, 1.165) is 0 Å². The zero-order valence-corrected chi connectivity index (χ0v) is 8.10. The molecule has 1 heterocycles. The Morgan fingerprint density at radius 1 is 1.54 bits per heavy atom. The van der Waals surface area contributed by atoms with Gasteiger partial charge in [0.1, 0.15) is 5.82 Å². The Morgan fingerprint density at radius 2 is 2.15 bits per heavy atom. The molecule has 0 unspecified atom stereocenters. The Hall–Kier alpha value is -1.32. The van der Waals surface area contributed by atoms with Gasteiger partial charge in [0.15, 0.2) is 0 Å². The second kappa shape index (κ2) is 3.20. The van der Waals surface area contributed by atoms with E-state index in [0.29, 0.717) is 12.2 Å². The van der Waals surface area contributed by atoms with Crippen molar-refractivity contribution in [2.24, 2.45) is 5.41 Å². The second-order valence-electron chi connectivity index (χ2n) is 4.07. The van der Waals surface area contributed by atoms with Crippen molar-refractivity contribution in [3.8, 4) is 0 Å². The summed E-state index contributed by atoms with van der Waals surface area (Å²) >= 11 is 0. The molecule has 4 nitrogen and oxygen atoms in total. The highest BCUT2D eigenvalue weighted by Crippen LogP contribution is 2.13. The molecule has 0 aromatic heterocycles. The predicted octanol–water partition coefficient (Wildman–Crippen LogP) is 0.510. The first-order valence-electron chi connectivity index (χ1n) is 4.21. The van der Waals surface area contributed by atoms with E-state index in [-0.39, 0.29) is 11.8 Å². The number of carbonyl (C=O) groups excluding carboxylic acids is 2. The molecular formula is C9H14N2O2. The predicted molar refractivity (Wildman–Crippen MR) is 48.4 cm³/mol. The van der Waals surface area contributed by atoms with Crippen LogP contribution in [-0.2, 0) is 9.59 Å². The van der Waals surface area contributed by atoms with E-state index >= 15 is 0 Å². The maximum absolute atomic E-state index is 11.4. The molecule has 0 aromatic rings. The van der Waals surface area contributed by atoms with Crippen LogP contribution in [0.4, 0.5) is 0 Å². The third-order valence-electron chi connectivity index (χ3n) is 1.70. The Morgan fingerprint density at radius 3 is 2.54 bits per heavy atom. The molecule has 4 heteroatoms. The maximum Gasteiger partial charge on any atom is 0.230 e. The van der Waals surface area contributed by atoms with Crippen LogP contribution in [0.2, 0.25) is 0 Å². The zero-order chi connectivity index (χ0) is 10.1. The Labute approximate surface area is 77.4 Å². The van der Waals surface area contributed by atoms with E-state index in [4.69, 9.17) is 0 Å². The van der Waals surface area contributed by atoms with E-state index in [2.05, 4.69) is 10.6 Å². The molecule has 1 aliphatic heterocycles. The minimum atomic E-state index is -0.436. The highest BCUT2D eigenvalue weighted by Gasteiger charge is 2.23. The Kier molecular flexibility index (Phi) is 2.40. The molecule has 0 saturated carbocycles. The number of rotatable bonds is 1. The fourth-order valence-corrected chi connectivity index (χ4v) is 0.839. The Bertz CT molecular complexity index is 274. The molecule has 0 fully saturated rings. The molecular weight excluding hydrogens is 168 g/mol. The van der Waals surface area contributed by atoms with Crippen LogP contribution in [0.3, 0.4) is 0 Å². The average Bonchev–Trinajstić information content (AvgIpc) is 2.33. The van der Waals surface area contributed by atoms with Gasteiger partial charge in [0.25, 0.3) is 0 Å². The van der Waals surface area contributed by atoms with E-state index < -0.39 is 5.41 Å². The van der Waals surface area contributed by atoms with Crippen molar-refractivity contribution in [2.45, 2.75) is 27.2 Å². The van der Waals surface area contributed by atoms with Crippen molar-refractivity contribution in [3.05, 3.63) is 11.9 Å². The number of nitrogens with one attached hydrogen (secondary N) is 2. The highest BCUT2D eigenvalue weighted by atomic mass is 16.2. The van der Waals surface area contributed by atoms with Gasteiger partial charge in [-0.25, -0.2) is 0 Å². The van der Waals surface area contributed by atoms with Crippen LogP contribution < -0.4 is 10.6 Å². The van der Waals surface area contributed by atoms with Crippen molar-refractivity contribution in [1.29, 1.82) is 0 Å². The number of hydrogen-bond donors (Lipinski definition) is 2. The molecule has 1 rings (SSSR count). The molecule has 0 radical (unpaired) electrons. The summed E-state index contributed by atoms with van der Waals surface area (Å²) in [7, 11) is 0. The lowest BCUT2D eigenvalue weighted by atomic mass is 9.96. The third-order valence-corrected chi connectivity index (χ3v) is 1.70. The largest absolute Gasteiger partial charge is 0.312 e. The number of hydrogen-bond acceptors (Lipinski definition) is 2. The number of amides is 2. The van der Waals surface area contributed by atoms with Crippen molar-refractivity contribution in [1.82, 2.24) is 10.6 Å². The summed E-state index contributed by atoms with van der Waals surface area (Å²) in [5, 5.41) is 5.19. The van der Waals surface area contributed by atoms with Crippen LogP contribution in [0.5, 0.6) is 0 Å². The van der Waals surface area contributed by atoms with Crippen LogP contribution >= 0.6 is 0 Å². The lowest BCUT2D eigenvalue weighted by molar-refractivity contribution is -0.127. The summed E-state index contributed by atoms with van der Waals surface area (Å²) < 4.78 is 0. The van der Waals surface area contributed by atoms with Gasteiger partial charge in [-0.1, -0.05) is 20.8 Å². The minimum absolute atomic E-state index is 0.0794. The molecule has 2 amide bonds. The lowest BCUT2D eigenvalue weighted by Gasteiger charge is -2.17. The first-order chi connectivity index (χ1) is 5.89. The topological polar surface area (TPSA) is 58.2 Å². The van der Waals surface area contributed by atoms with Gasteiger partial charge in [0.2, 0.25) is 11.8 Å². The number of carbonyl (C=O) groups is 2. The summed E-state index contributed by atoms with van der Waals surface area (Å²) in [5.74, 6) is 0.329. The van der Waals surface area contributed by atoms with Gasteiger partial charge in [0, 0.05) is 11.8 Å². The van der Waals surface area contributed by atoms with Crippen LogP contribution in [0.1, 0.15) is 27.2 Å². The molecule has 0 aliphatic carbocycles. The molecule has 2 N–H and O–H groups in total. The van der Waals surface area contributed by atoms with Crippen LogP contribution in [0, 0.1) is 5.41 Å². The van der Waals surface area contributed by atoms with Gasteiger partial charge in [-0.15, -0.1) is 0 Å². The highest BCUT2D eigenvalue weighted by molar-refractivity contribution is 5.87. The minimum Gasteiger partial charge on any atom is -0.312 e. The van der Waals surface area contributed by atoms with Gasteiger partial charge in [-0.2, -0.15) is 0 Å². The average molecular weight is 182 g/mol. The van der Waals surface area contributed by atoms with Crippen LogP contribution in [0.25, 0.3) is 0 Å². The molecule has 0 atom stereocenters. The summed E-state index contributed by atoms with van der Waals surface area (Å²) in [4.78, 5) is 22.2.